The van der Waals surface area contributed by atoms with Crippen molar-refractivity contribution < 1.29 is 19.5 Å². The van der Waals surface area contributed by atoms with Crippen molar-refractivity contribution in [3.8, 4) is 0 Å². The van der Waals surface area contributed by atoms with Crippen LogP contribution in [0, 0.1) is 6.92 Å². The van der Waals surface area contributed by atoms with Crippen molar-refractivity contribution in [1.29, 1.82) is 0 Å². The monoisotopic (exact) mass is 234 g/mol. The molecule has 0 nitrogen and oxygen atoms in total. The van der Waals surface area contributed by atoms with Crippen LogP contribution in [-0.2, 0) is 31.1 Å². The van der Waals surface area contributed by atoms with Crippen LogP contribution in [0.15, 0.2) is 35.2 Å². The molecule has 11 heavy (non-hydrogen) atoms. The molecule has 0 aliphatic carbocycles. The van der Waals surface area contributed by atoms with E-state index in [0.717, 1.165) is 4.90 Å². The Labute approximate surface area is 90.7 Å². The first kappa shape index (κ1) is 14.1. The maximum absolute atomic E-state index is 4.74. The van der Waals surface area contributed by atoms with Gasteiger partial charge >= 0.3 is 19.5 Å². The van der Waals surface area contributed by atoms with Crippen LogP contribution in [0.5, 0.6) is 0 Å². The summed E-state index contributed by atoms with van der Waals surface area (Å²) in [5.41, 5.74) is 0. The molecule has 0 aromatic heterocycles. The molecule has 3 heteroatoms. The summed E-state index contributed by atoms with van der Waals surface area (Å²) >= 11 is 4.74. The van der Waals surface area contributed by atoms with Crippen LogP contribution in [0.4, 0.5) is 0 Å². The number of rotatable bonds is 1. The summed E-state index contributed by atoms with van der Waals surface area (Å²) in [6, 6.07) is 9.94. The first-order valence-corrected chi connectivity index (χ1v) is 4.73. The standard InChI is InChI=1S/C6H6S2.C2H5.Zn/c7-8-6-4-2-1-3-5-6;1-2;/h1-5,7H;1H2,2H3;/q;-1;+2/p-1. The van der Waals surface area contributed by atoms with Crippen LogP contribution in [0.2, 0.25) is 0 Å². The molecule has 0 aliphatic rings. The summed E-state index contributed by atoms with van der Waals surface area (Å²) in [7, 11) is 1.35. The van der Waals surface area contributed by atoms with E-state index in [-0.39, 0.29) is 19.5 Å². The third kappa shape index (κ3) is 6.92. The maximum atomic E-state index is 4.74. The average molecular weight is 236 g/mol. The van der Waals surface area contributed by atoms with Crippen LogP contribution in [0.25, 0.3) is 0 Å². The van der Waals surface area contributed by atoms with Crippen LogP contribution >= 0.6 is 10.8 Å². The molecular weight excluding hydrogens is 226 g/mol. The van der Waals surface area contributed by atoms with Gasteiger partial charge in [0.1, 0.15) is 0 Å². The number of benzene rings is 1. The second-order valence-electron chi connectivity index (χ2n) is 1.40. The van der Waals surface area contributed by atoms with E-state index in [1.54, 1.807) is 6.92 Å². The van der Waals surface area contributed by atoms with Gasteiger partial charge in [0, 0.05) is 0 Å². The third-order valence-corrected chi connectivity index (χ3v) is 1.88. The molecule has 0 bridgehead atoms. The summed E-state index contributed by atoms with van der Waals surface area (Å²) in [6.07, 6.45) is 0. The third-order valence-electron chi connectivity index (χ3n) is 0.839. The molecule has 1 rings (SSSR count). The molecule has 0 unspecified atom stereocenters. The van der Waals surface area contributed by atoms with E-state index in [0.29, 0.717) is 0 Å². The van der Waals surface area contributed by atoms with Gasteiger partial charge in [0.25, 0.3) is 0 Å². The molecule has 0 saturated heterocycles. The van der Waals surface area contributed by atoms with Crippen molar-refractivity contribution in [2.24, 2.45) is 0 Å². The molecule has 56 valence electrons. The maximum Gasteiger partial charge on any atom is 2.00 e. The summed E-state index contributed by atoms with van der Waals surface area (Å²) in [6.45, 7) is 5.00. The Morgan fingerprint density at radius 1 is 1.18 bits per heavy atom. The molecule has 0 aliphatic heterocycles. The predicted molar refractivity (Wildman–Crippen MR) is 50.7 cm³/mol. The molecule has 0 saturated carbocycles. The van der Waals surface area contributed by atoms with Crippen LogP contribution in [0.3, 0.4) is 0 Å². The van der Waals surface area contributed by atoms with E-state index < -0.39 is 0 Å². The van der Waals surface area contributed by atoms with E-state index in [1.165, 1.54) is 10.8 Å². The van der Waals surface area contributed by atoms with Gasteiger partial charge in [-0.05, 0) is 4.90 Å². The van der Waals surface area contributed by atoms with E-state index in [2.05, 4.69) is 6.92 Å². The summed E-state index contributed by atoms with van der Waals surface area (Å²) < 4.78 is 0. The van der Waals surface area contributed by atoms with Gasteiger partial charge in [-0.25, -0.2) is 0 Å². The van der Waals surface area contributed by atoms with Gasteiger partial charge in [0.15, 0.2) is 0 Å². The minimum atomic E-state index is 0. The Balaban J connectivity index is 0. The topological polar surface area (TPSA) is 0 Å². The zero-order chi connectivity index (χ0) is 7.82. The van der Waals surface area contributed by atoms with Crippen molar-refractivity contribution in [3.63, 3.8) is 0 Å². The van der Waals surface area contributed by atoms with Gasteiger partial charge in [-0.1, -0.05) is 30.3 Å². The van der Waals surface area contributed by atoms with Gasteiger partial charge in [-0.15, -0.1) is 0 Å². The number of hydrogen-bond donors (Lipinski definition) is 0. The van der Waals surface area contributed by atoms with Crippen LogP contribution < -0.4 is 0 Å². The van der Waals surface area contributed by atoms with Gasteiger partial charge in [-0.3, -0.25) is 10.8 Å². The van der Waals surface area contributed by atoms with Gasteiger partial charge in [0.2, 0.25) is 0 Å². The quantitative estimate of drug-likeness (QED) is 0.318. The van der Waals surface area contributed by atoms with E-state index in [4.69, 9.17) is 11.7 Å². The van der Waals surface area contributed by atoms with E-state index in [1.807, 2.05) is 30.3 Å². The van der Waals surface area contributed by atoms with Gasteiger partial charge in [0.05, 0.1) is 0 Å². The summed E-state index contributed by atoms with van der Waals surface area (Å²) in [5.74, 6) is 0. The average Bonchev–Trinajstić information content (AvgIpc) is 2.10. The van der Waals surface area contributed by atoms with Gasteiger partial charge in [-0.2, -0.15) is 6.92 Å². The Kier molecular flexibility index (Phi) is 13.5. The first-order chi connectivity index (χ1) is 4.93. The van der Waals surface area contributed by atoms with Crippen LogP contribution in [-0.4, -0.2) is 0 Å². The molecule has 1 aromatic carbocycles. The Hall–Kier alpha value is 0.543. The molecule has 0 N–H and O–H groups in total. The van der Waals surface area contributed by atoms with Crippen molar-refractivity contribution in [2.45, 2.75) is 11.8 Å². The molecule has 0 fully saturated rings. The second kappa shape index (κ2) is 10.5. The molecule has 0 spiro atoms. The van der Waals surface area contributed by atoms with Crippen molar-refractivity contribution >= 4 is 22.5 Å². The van der Waals surface area contributed by atoms with E-state index >= 15 is 0 Å². The molecule has 0 amide bonds. The number of hydrogen-bond acceptors (Lipinski definition) is 2. The Morgan fingerprint density at radius 3 is 1.91 bits per heavy atom. The molecule has 0 atom stereocenters. The van der Waals surface area contributed by atoms with Crippen molar-refractivity contribution in [3.05, 3.63) is 37.3 Å². The zero-order valence-corrected chi connectivity index (χ0v) is 11.2. The van der Waals surface area contributed by atoms with E-state index in [9.17, 15) is 0 Å². The first-order valence-electron chi connectivity index (χ1n) is 2.99. The minimum Gasteiger partial charge on any atom is -0.714 e. The summed E-state index contributed by atoms with van der Waals surface area (Å²) in [4.78, 5) is 1.14. The normalized spacial score (nSPS) is 7.18. The van der Waals surface area contributed by atoms with Crippen LogP contribution in [0.1, 0.15) is 6.92 Å². The molecule has 1 aromatic rings. The smallest absolute Gasteiger partial charge is 0.714 e. The SMILES string of the molecule is [CH2-]C.[S-]Sc1ccccc1.[Zn+2]. The van der Waals surface area contributed by atoms with Crippen molar-refractivity contribution in [2.75, 3.05) is 0 Å². The van der Waals surface area contributed by atoms with Gasteiger partial charge < -0.3 is 18.6 Å². The minimum absolute atomic E-state index is 0. The Bertz CT molecular complexity index is 153. The van der Waals surface area contributed by atoms with Crippen molar-refractivity contribution in [1.82, 2.24) is 0 Å². The fourth-order valence-electron chi connectivity index (χ4n) is 0.476. The zero-order valence-electron chi connectivity index (χ0n) is 6.62. The largest absolute Gasteiger partial charge is 2.00 e. The molecule has 0 heterocycles. The summed E-state index contributed by atoms with van der Waals surface area (Å²) in [5, 5.41) is 0. The fourth-order valence-corrected chi connectivity index (χ4v) is 1.08. The Morgan fingerprint density at radius 2 is 1.64 bits per heavy atom. The second-order valence-corrected chi connectivity index (χ2v) is 2.53. The predicted octanol–water partition coefficient (Wildman–Crippen LogP) is 3.08. The molecular formula is C8H10S2Zn. The fraction of sp³-hybridized carbons (Fsp3) is 0.125. The molecule has 0 radical (unpaired) electrons.